The maximum atomic E-state index is 12.6. The van der Waals surface area contributed by atoms with Gasteiger partial charge in [0.1, 0.15) is 12.4 Å². The van der Waals surface area contributed by atoms with Crippen LogP contribution in [0.4, 0.5) is 13.2 Å². The third kappa shape index (κ3) is 3.98. The van der Waals surface area contributed by atoms with Gasteiger partial charge in [0.15, 0.2) is 0 Å². The zero-order chi connectivity index (χ0) is 15.5. The van der Waals surface area contributed by atoms with E-state index in [0.29, 0.717) is 5.56 Å². The normalized spacial score (nSPS) is 11.2. The van der Waals surface area contributed by atoms with Crippen LogP contribution in [-0.4, -0.2) is 5.91 Å². The molecule has 3 nitrogen and oxygen atoms in total. The fraction of sp³-hybridized carbons (Fsp3) is 0.133. The van der Waals surface area contributed by atoms with E-state index in [1.54, 1.807) is 12.1 Å². The highest BCUT2D eigenvalue weighted by atomic mass is 19.4. The number of carbonyl (C=O) groups is 1. The summed E-state index contributed by atoms with van der Waals surface area (Å²) in [6.45, 7) is 0.0976. The van der Waals surface area contributed by atoms with Crippen molar-refractivity contribution in [3.63, 3.8) is 0 Å². The van der Waals surface area contributed by atoms with Crippen LogP contribution in [0.25, 0.3) is 0 Å². The van der Waals surface area contributed by atoms with E-state index >= 15 is 0 Å². The van der Waals surface area contributed by atoms with Gasteiger partial charge < -0.3 is 10.5 Å². The lowest BCUT2D eigenvalue weighted by molar-refractivity contribution is -0.137. The first-order valence-electron chi connectivity index (χ1n) is 6.05. The SMILES string of the molecule is NC(=O)c1ccc(COc2cccc(C(F)(F)F)c2)cc1. The summed E-state index contributed by atoms with van der Waals surface area (Å²) in [6.07, 6.45) is -4.40. The van der Waals surface area contributed by atoms with Crippen LogP contribution in [-0.2, 0) is 12.8 Å². The summed E-state index contributed by atoms with van der Waals surface area (Å²) in [5.41, 5.74) is 5.43. The molecule has 0 heterocycles. The van der Waals surface area contributed by atoms with Crippen molar-refractivity contribution >= 4 is 5.91 Å². The summed E-state index contributed by atoms with van der Waals surface area (Å²) >= 11 is 0. The van der Waals surface area contributed by atoms with Gasteiger partial charge in [-0.05, 0) is 35.9 Å². The lowest BCUT2D eigenvalue weighted by Crippen LogP contribution is -2.10. The Kier molecular flexibility index (Phi) is 4.16. The minimum Gasteiger partial charge on any atom is -0.489 e. The van der Waals surface area contributed by atoms with Gasteiger partial charge >= 0.3 is 6.18 Å². The molecule has 0 saturated carbocycles. The molecule has 2 rings (SSSR count). The van der Waals surface area contributed by atoms with Crippen LogP contribution in [0.5, 0.6) is 5.75 Å². The predicted octanol–water partition coefficient (Wildman–Crippen LogP) is 3.38. The number of primary amides is 1. The minimum absolute atomic E-state index is 0.0976. The van der Waals surface area contributed by atoms with Crippen LogP contribution in [0.1, 0.15) is 21.5 Å². The maximum absolute atomic E-state index is 12.6. The lowest BCUT2D eigenvalue weighted by atomic mass is 10.1. The molecule has 0 spiro atoms. The molecule has 0 aliphatic carbocycles. The average Bonchev–Trinajstić information content (AvgIpc) is 2.45. The highest BCUT2D eigenvalue weighted by Crippen LogP contribution is 2.31. The van der Waals surface area contributed by atoms with Crippen LogP contribution in [0.15, 0.2) is 48.5 Å². The summed E-state index contributed by atoms with van der Waals surface area (Å²) in [5.74, 6) is -0.413. The number of carbonyl (C=O) groups excluding carboxylic acids is 1. The van der Waals surface area contributed by atoms with E-state index in [-0.39, 0.29) is 12.4 Å². The Hall–Kier alpha value is -2.50. The predicted molar refractivity (Wildman–Crippen MR) is 70.7 cm³/mol. The molecule has 0 aromatic heterocycles. The van der Waals surface area contributed by atoms with E-state index < -0.39 is 17.6 Å². The standard InChI is InChI=1S/C15H12F3NO2/c16-15(17,18)12-2-1-3-13(8-12)21-9-10-4-6-11(7-5-10)14(19)20/h1-8H,9H2,(H2,19,20). The fourth-order valence-corrected chi connectivity index (χ4v) is 1.69. The Labute approximate surface area is 119 Å². The second kappa shape index (κ2) is 5.87. The molecule has 2 aromatic carbocycles. The maximum Gasteiger partial charge on any atom is 0.416 e. The van der Waals surface area contributed by atoms with Crippen LogP contribution >= 0.6 is 0 Å². The largest absolute Gasteiger partial charge is 0.489 e. The monoisotopic (exact) mass is 295 g/mol. The lowest BCUT2D eigenvalue weighted by Gasteiger charge is -2.10. The number of hydrogen-bond acceptors (Lipinski definition) is 2. The third-order valence-corrected chi connectivity index (χ3v) is 2.81. The second-order valence-corrected chi connectivity index (χ2v) is 4.38. The van der Waals surface area contributed by atoms with Crippen molar-refractivity contribution in [2.24, 2.45) is 5.73 Å². The van der Waals surface area contributed by atoms with Gasteiger partial charge in [0.25, 0.3) is 0 Å². The molecule has 2 aromatic rings. The van der Waals surface area contributed by atoms with E-state index in [2.05, 4.69) is 0 Å². The van der Waals surface area contributed by atoms with Crippen molar-refractivity contribution in [2.75, 3.05) is 0 Å². The van der Waals surface area contributed by atoms with Gasteiger partial charge in [0.2, 0.25) is 5.91 Å². The highest BCUT2D eigenvalue weighted by Gasteiger charge is 2.30. The average molecular weight is 295 g/mol. The summed E-state index contributed by atoms with van der Waals surface area (Å²) in [4.78, 5) is 10.9. The zero-order valence-electron chi connectivity index (χ0n) is 10.9. The molecule has 0 fully saturated rings. The fourth-order valence-electron chi connectivity index (χ4n) is 1.69. The van der Waals surface area contributed by atoms with Gasteiger partial charge in [-0.2, -0.15) is 13.2 Å². The Bertz CT molecular complexity index is 636. The molecule has 2 N–H and O–H groups in total. The number of benzene rings is 2. The Morgan fingerprint density at radius 1 is 1.10 bits per heavy atom. The number of rotatable bonds is 4. The van der Waals surface area contributed by atoms with Crippen LogP contribution < -0.4 is 10.5 Å². The number of halogens is 3. The van der Waals surface area contributed by atoms with Crippen molar-refractivity contribution in [1.82, 2.24) is 0 Å². The molecule has 0 aliphatic rings. The number of hydrogen-bond donors (Lipinski definition) is 1. The smallest absolute Gasteiger partial charge is 0.416 e. The van der Waals surface area contributed by atoms with E-state index in [1.807, 2.05) is 0 Å². The molecular formula is C15H12F3NO2. The van der Waals surface area contributed by atoms with Gasteiger partial charge in [0.05, 0.1) is 5.56 Å². The van der Waals surface area contributed by atoms with Gasteiger partial charge in [-0.3, -0.25) is 4.79 Å². The molecule has 110 valence electrons. The molecule has 6 heteroatoms. The van der Waals surface area contributed by atoms with Gasteiger partial charge in [0, 0.05) is 5.56 Å². The first-order valence-corrected chi connectivity index (χ1v) is 6.05. The van der Waals surface area contributed by atoms with Crippen LogP contribution in [0, 0.1) is 0 Å². The summed E-state index contributed by atoms with van der Waals surface area (Å²) < 4.78 is 43.0. The molecule has 0 radical (unpaired) electrons. The Morgan fingerprint density at radius 2 is 1.76 bits per heavy atom. The van der Waals surface area contributed by atoms with Crippen LogP contribution in [0.2, 0.25) is 0 Å². The number of ether oxygens (including phenoxy) is 1. The number of amides is 1. The molecule has 0 bridgehead atoms. The van der Waals surface area contributed by atoms with Gasteiger partial charge in [-0.1, -0.05) is 18.2 Å². The molecular weight excluding hydrogens is 283 g/mol. The molecule has 0 unspecified atom stereocenters. The first-order chi connectivity index (χ1) is 9.86. The molecule has 0 aliphatic heterocycles. The summed E-state index contributed by atoms with van der Waals surface area (Å²) in [5, 5.41) is 0. The van der Waals surface area contributed by atoms with Gasteiger partial charge in [-0.15, -0.1) is 0 Å². The second-order valence-electron chi connectivity index (χ2n) is 4.38. The van der Waals surface area contributed by atoms with Crippen LogP contribution in [0.3, 0.4) is 0 Å². The first kappa shape index (κ1) is 14.9. The van der Waals surface area contributed by atoms with E-state index in [9.17, 15) is 18.0 Å². The van der Waals surface area contributed by atoms with E-state index in [0.717, 1.165) is 17.7 Å². The van der Waals surface area contributed by atoms with E-state index in [1.165, 1.54) is 24.3 Å². The molecule has 21 heavy (non-hydrogen) atoms. The highest BCUT2D eigenvalue weighted by molar-refractivity contribution is 5.92. The quantitative estimate of drug-likeness (QED) is 0.940. The van der Waals surface area contributed by atoms with Crippen molar-refractivity contribution in [3.8, 4) is 5.75 Å². The third-order valence-electron chi connectivity index (χ3n) is 2.81. The van der Waals surface area contributed by atoms with Gasteiger partial charge in [-0.25, -0.2) is 0 Å². The van der Waals surface area contributed by atoms with Crippen molar-refractivity contribution in [2.45, 2.75) is 12.8 Å². The van der Waals surface area contributed by atoms with Crippen molar-refractivity contribution in [3.05, 3.63) is 65.2 Å². The molecule has 1 amide bonds. The van der Waals surface area contributed by atoms with E-state index in [4.69, 9.17) is 10.5 Å². The molecule has 0 saturated heterocycles. The van der Waals surface area contributed by atoms with Crippen molar-refractivity contribution in [1.29, 1.82) is 0 Å². The number of nitrogens with two attached hydrogens (primary N) is 1. The minimum atomic E-state index is -4.40. The van der Waals surface area contributed by atoms with Crippen molar-refractivity contribution < 1.29 is 22.7 Å². The Balaban J connectivity index is 2.04. The number of alkyl halides is 3. The zero-order valence-corrected chi connectivity index (χ0v) is 10.9. The summed E-state index contributed by atoms with van der Waals surface area (Å²) in [7, 11) is 0. The Morgan fingerprint density at radius 3 is 2.33 bits per heavy atom. The topological polar surface area (TPSA) is 52.3 Å². The molecule has 0 atom stereocenters. The summed E-state index contributed by atoms with van der Waals surface area (Å²) in [6, 6.07) is 11.0.